The van der Waals surface area contributed by atoms with Gasteiger partial charge in [-0.15, -0.1) is 0 Å². The molecule has 3 N–H and O–H groups in total. The van der Waals surface area contributed by atoms with Crippen molar-refractivity contribution in [2.24, 2.45) is 5.73 Å². The number of hydrogen-bond acceptors (Lipinski definition) is 4. The molecule has 2 aliphatic carbocycles. The summed E-state index contributed by atoms with van der Waals surface area (Å²) in [6.45, 7) is 3.10. The van der Waals surface area contributed by atoms with E-state index in [1.54, 1.807) is 0 Å². The number of hydrogen-bond donors (Lipinski definition) is 2. The largest absolute Gasteiger partial charge is 0.466 e. The molecule has 4 nitrogen and oxygen atoms in total. The molecule has 2 saturated carbocycles. The fraction of sp³-hybridized carbons (Fsp3) is 0.941. The van der Waals surface area contributed by atoms with Gasteiger partial charge in [0, 0.05) is 18.6 Å². The third-order valence-electron chi connectivity index (χ3n) is 4.32. The number of ether oxygens (including phenoxy) is 1. The predicted molar refractivity (Wildman–Crippen MR) is 87.2 cm³/mol. The Morgan fingerprint density at radius 3 is 2.10 bits per heavy atom. The molecule has 0 unspecified atom stereocenters. The molecule has 0 heterocycles. The van der Waals surface area contributed by atoms with Crippen molar-refractivity contribution in [1.82, 2.24) is 5.32 Å². The van der Waals surface area contributed by atoms with Crippen LogP contribution >= 0.6 is 0 Å². The van der Waals surface area contributed by atoms with E-state index < -0.39 is 0 Å². The van der Waals surface area contributed by atoms with Gasteiger partial charge in [0.05, 0.1) is 13.0 Å². The standard InChI is InChI=1S/C11H21NO2.C6H13N/c1-2-14-11(13)8-9-12-10-6-4-3-5-7-10;7-6-4-2-1-3-5-6/h10,12H,2-9H2,1H3;6H,1-5,7H2. The molecule has 0 aliphatic heterocycles. The molecule has 0 amide bonds. The third-order valence-corrected chi connectivity index (χ3v) is 4.32. The molecule has 0 atom stereocenters. The number of nitrogens with two attached hydrogens (primary N) is 1. The van der Waals surface area contributed by atoms with Crippen molar-refractivity contribution in [3.63, 3.8) is 0 Å². The lowest BCUT2D eigenvalue weighted by Crippen LogP contribution is -2.32. The zero-order chi connectivity index (χ0) is 15.3. The molecule has 2 aliphatic rings. The zero-order valence-electron chi connectivity index (χ0n) is 13.7. The van der Waals surface area contributed by atoms with Gasteiger partial charge in [0.15, 0.2) is 0 Å². The van der Waals surface area contributed by atoms with Crippen molar-refractivity contribution in [1.29, 1.82) is 0 Å². The molecule has 0 spiro atoms. The van der Waals surface area contributed by atoms with Gasteiger partial charge in [0.2, 0.25) is 0 Å². The van der Waals surface area contributed by atoms with E-state index >= 15 is 0 Å². The van der Waals surface area contributed by atoms with Gasteiger partial charge in [0.1, 0.15) is 0 Å². The summed E-state index contributed by atoms with van der Waals surface area (Å²) in [5.74, 6) is -0.0872. The van der Waals surface area contributed by atoms with E-state index in [1.165, 1.54) is 64.2 Å². The Labute approximate surface area is 130 Å². The predicted octanol–water partition coefficient (Wildman–Crippen LogP) is 3.14. The number of carbonyl (C=O) groups is 1. The Morgan fingerprint density at radius 2 is 1.62 bits per heavy atom. The molecule has 21 heavy (non-hydrogen) atoms. The lowest BCUT2D eigenvalue weighted by molar-refractivity contribution is -0.143. The fourth-order valence-corrected chi connectivity index (χ4v) is 3.05. The maximum atomic E-state index is 11.0. The highest BCUT2D eigenvalue weighted by atomic mass is 16.5. The summed E-state index contributed by atoms with van der Waals surface area (Å²) >= 11 is 0. The lowest BCUT2D eigenvalue weighted by atomic mass is 9.95. The Hall–Kier alpha value is -0.610. The van der Waals surface area contributed by atoms with Crippen LogP contribution in [0.15, 0.2) is 0 Å². The summed E-state index contributed by atoms with van der Waals surface area (Å²) in [4.78, 5) is 11.0. The molecule has 4 heteroatoms. The van der Waals surface area contributed by atoms with E-state index in [4.69, 9.17) is 10.5 Å². The number of nitrogens with one attached hydrogen (secondary N) is 1. The minimum absolute atomic E-state index is 0.0872. The van der Waals surface area contributed by atoms with Gasteiger partial charge >= 0.3 is 5.97 Å². The van der Waals surface area contributed by atoms with Gasteiger partial charge in [-0.3, -0.25) is 4.79 Å². The molecule has 0 bridgehead atoms. The minimum atomic E-state index is -0.0872. The van der Waals surface area contributed by atoms with Gasteiger partial charge in [-0.25, -0.2) is 0 Å². The number of rotatable bonds is 5. The van der Waals surface area contributed by atoms with E-state index in [2.05, 4.69) is 5.32 Å². The van der Waals surface area contributed by atoms with Crippen LogP contribution in [0.2, 0.25) is 0 Å². The number of esters is 1. The van der Waals surface area contributed by atoms with E-state index in [0.29, 0.717) is 25.1 Å². The Morgan fingerprint density at radius 1 is 1.05 bits per heavy atom. The van der Waals surface area contributed by atoms with Gasteiger partial charge in [-0.1, -0.05) is 38.5 Å². The molecule has 0 aromatic carbocycles. The van der Waals surface area contributed by atoms with Crippen LogP contribution in [0, 0.1) is 0 Å². The summed E-state index contributed by atoms with van der Waals surface area (Å²) in [7, 11) is 0. The molecular formula is C17H34N2O2. The highest BCUT2D eigenvalue weighted by molar-refractivity contribution is 5.69. The SMILES string of the molecule is CCOC(=O)CCNC1CCCCC1.NC1CCCCC1. The molecule has 0 aromatic heterocycles. The first-order valence-electron chi connectivity index (χ1n) is 8.87. The van der Waals surface area contributed by atoms with Gasteiger partial charge < -0.3 is 15.8 Å². The molecule has 0 saturated heterocycles. The van der Waals surface area contributed by atoms with Crippen LogP contribution in [0.5, 0.6) is 0 Å². The van der Waals surface area contributed by atoms with E-state index in [-0.39, 0.29) is 5.97 Å². The Kier molecular flexibility index (Phi) is 10.5. The second kappa shape index (κ2) is 12.0. The van der Waals surface area contributed by atoms with Crippen molar-refractivity contribution >= 4 is 5.97 Å². The molecule has 0 aromatic rings. The van der Waals surface area contributed by atoms with Gasteiger partial charge in [-0.2, -0.15) is 0 Å². The highest BCUT2D eigenvalue weighted by Gasteiger charge is 2.12. The topological polar surface area (TPSA) is 64.3 Å². The Bertz CT molecular complexity index is 260. The normalized spacial score (nSPS) is 20.5. The first-order valence-corrected chi connectivity index (χ1v) is 8.87. The lowest BCUT2D eigenvalue weighted by Gasteiger charge is -2.22. The van der Waals surface area contributed by atoms with Crippen molar-refractivity contribution in [3.8, 4) is 0 Å². The van der Waals surface area contributed by atoms with E-state index in [0.717, 1.165) is 6.54 Å². The summed E-state index contributed by atoms with van der Waals surface area (Å²) < 4.78 is 4.85. The molecule has 2 rings (SSSR count). The fourth-order valence-electron chi connectivity index (χ4n) is 3.05. The average Bonchev–Trinajstić information content (AvgIpc) is 2.50. The van der Waals surface area contributed by atoms with Crippen molar-refractivity contribution in [2.45, 2.75) is 89.6 Å². The molecule has 124 valence electrons. The average molecular weight is 298 g/mol. The van der Waals surface area contributed by atoms with Crippen LogP contribution in [0.3, 0.4) is 0 Å². The first kappa shape index (κ1) is 18.4. The highest BCUT2D eigenvalue weighted by Crippen LogP contribution is 2.17. The van der Waals surface area contributed by atoms with E-state index in [9.17, 15) is 4.79 Å². The third kappa shape index (κ3) is 9.86. The summed E-state index contributed by atoms with van der Waals surface area (Å²) in [5.41, 5.74) is 5.63. The first-order chi connectivity index (χ1) is 10.2. The van der Waals surface area contributed by atoms with Crippen LogP contribution in [0.1, 0.15) is 77.6 Å². The van der Waals surface area contributed by atoms with Gasteiger partial charge in [0.25, 0.3) is 0 Å². The second-order valence-corrected chi connectivity index (χ2v) is 6.24. The summed E-state index contributed by atoms with van der Waals surface area (Å²) in [6, 6.07) is 1.17. The van der Waals surface area contributed by atoms with Crippen LogP contribution in [0.4, 0.5) is 0 Å². The van der Waals surface area contributed by atoms with Crippen LogP contribution in [-0.4, -0.2) is 31.2 Å². The summed E-state index contributed by atoms with van der Waals surface area (Å²) in [5, 5.41) is 3.41. The quantitative estimate of drug-likeness (QED) is 0.765. The van der Waals surface area contributed by atoms with Crippen LogP contribution in [0.25, 0.3) is 0 Å². The molecule has 2 fully saturated rings. The maximum Gasteiger partial charge on any atom is 0.307 e. The van der Waals surface area contributed by atoms with Crippen molar-refractivity contribution in [3.05, 3.63) is 0 Å². The zero-order valence-corrected chi connectivity index (χ0v) is 13.7. The van der Waals surface area contributed by atoms with Gasteiger partial charge in [-0.05, 0) is 32.6 Å². The summed E-state index contributed by atoms with van der Waals surface area (Å²) in [6.07, 6.45) is 13.7. The van der Waals surface area contributed by atoms with Crippen LogP contribution in [-0.2, 0) is 9.53 Å². The minimum Gasteiger partial charge on any atom is -0.466 e. The Balaban J connectivity index is 0.000000262. The maximum absolute atomic E-state index is 11.0. The second-order valence-electron chi connectivity index (χ2n) is 6.24. The van der Waals surface area contributed by atoms with Crippen molar-refractivity contribution in [2.75, 3.05) is 13.2 Å². The molecule has 0 radical (unpaired) electrons. The van der Waals surface area contributed by atoms with Crippen LogP contribution < -0.4 is 11.1 Å². The molecular weight excluding hydrogens is 264 g/mol. The smallest absolute Gasteiger partial charge is 0.307 e. The monoisotopic (exact) mass is 298 g/mol. The number of carbonyl (C=O) groups excluding carboxylic acids is 1. The van der Waals surface area contributed by atoms with Crippen molar-refractivity contribution < 1.29 is 9.53 Å². The van der Waals surface area contributed by atoms with E-state index in [1.807, 2.05) is 6.92 Å².